The number of nitrogens with two attached hydrogens (primary N) is 1. The van der Waals surface area contributed by atoms with Gasteiger partial charge in [-0.05, 0) is 44.7 Å². The van der Waals surface area contributed by atoms with E-state index < -0.39 is 18.3 Å². The van der Waals surface area contributed by atoms with Gasteiger partial charge in [-0.2, -0.15) is 0 Å². The smallest absolute Gasteiger partial charge is 0.480 e. The van der Waals surface area contributed by atoms with Gasteiger partial charge in [0.15, 0.2) is 0 Å². The van der Waals surface area contributed by atoms with Crippen LogP contribution in [0.25, 0.3) is 10.8 Å². The van der Waals surface area contributed by atoms with Crippen molar-refractivity contribution in [1.82, 2.24) is 0 Å². The van der Waals surface area contributed by atoms with Crippen LogP contribution in [0.3, 0.4) is 0 Å². The number of ether oxygens (including phenoxy) is 1. The Labute approximate surface area is 138 Å². The fraction of sp³-hybridized carbons (Fsp3) is 0.444. The predicted octanol–water partition coefficient (Wildman–Crippen LogP) is 3.48. The van der Waals surface area contributed by atoms with Gasteiger partial charge in [0.2, 0.25) is 0 Å². The van der Waals surface area contributed by atoms with Crippen molar-refractivity contribution in [3.05, 3.63) is 42.0 Å². The van der Waals surface area contributed by atoms with Gasteiger partial charge in [-0.1, -0.05) is 30.3 Å². The fourth-order valence-electron chi connectivity index (χ4n) is 2.95. The topological polar surface area (TPSA) is 53.7 Å². The molecule has 5 heteroatoms. The molecule has 0 saturated carbocycles. The standard InChI is InChI=1S/C18H24BNO3/c1-17(2)18(3,4)23-19(22-17)16(20)14-10-11-15(21-5)13-9-7-6-8-12(13)14/h6-11,16H,20H2,1-5H3/t16-/m1/s1. The number of fused-ring (bicyclic) bond motifs is 1. The highest BCUT2D eigenvalue weighted by molar-refractivity contribution is 6.47. The van der Waals surface area contributed by atoms with Crippen molar-refractivity contribution >= 4 is 17.9 Å². The van der Waals surface area contributed by atoms with Crippen molar-refractivity contribution in [2.75, 3.05) is 7.11 Å². The lowest BCUT2D eigenvalue weighted by atomic mass is 9.73. The first-order valence-corrected chi connectivity index (χ1v) is 7.94. The van der Waals surface area contributed by atoms with Crippen LogP contribution in [0.2, 0.25) is 0 Å². The molecule has 1 aliphatic rings. The monoisotopic (exact) mass is 313 g/mol. The second-order valence-electron chi connectivity index (χ2n) is 7.05. The second-order valence-corrected chi connectivity index (χ2v) is 7.05. The van der Waals surface area contributed by atoms with Crippen LogP contribution in [0, 0.1) is 0 Å². The summed E-state index contributed by atoms with van der Waals surface area (Å²) in [7, 11) is 1.20. The van der Waals surface area contributed by atoms with Crippen molar-refractivity contribution in [2.45, 2.75) is 44.8 Å². The molecule has 1 atom stereocenters. The van der Waals surface area contributed by atoms with E-state index in [1.54, 1.807) is 7.11 Å². The Kier molecular flexibility index (Phi) is 3.91. The van der Waals surface area contributed by atoms with E-state index in [0.29, 0.717) is 0 Å². The molecule has 0 radical (unpaired) electrons. The van der Waals surface area contributed by atoms with Crippen LogP contribution in [0.5, 0.6) is 5.75 Å². The van der Waals surface area contributed by atoms with E-state index >= 15 is 0 Å². The summed E-state index contributed by atoms with van der Waals surface area (Å²) in [6.45, 7) is 8.13. The molecule has 0 aliphatic carbocycles. The van der Waals surface area contributed by atoms with Crippen LogP contribution < -0.4 is 10.5 Å². The summed E-state index contributed by atoms with van der Waals surface area (Å²) in [6, 6.07) is 12.0. The summed E-state index contributed by atoms with van der Waals surface area (Å²) in [4.78, 5) is 0. The molecule has 2 N–H and O–H groups in total. The first kappa shape index (κ1) is 16.3. The highest BCUT2D eigenvalue weighted by Gasteiger charge is 2.53. The Morgan fingerprint density at radius 3 is 2.09 bits per heavy atom. The Balaban J connectivity index is 2.01. The molecule has 23 heavy (non-hydrogen) atoms. The van der Waals surface area contributed by atoms with Gasteiger partial charge in [-0.15, -0.1) is 0 Å². The highest BCUT2D eigenvalue weighted by Crippen LogP contribution is 2.41. The minimum absolute atomic E-state index is 0.369. The summed E-state index contributed by atoms with van der Waals surface area (Å²) in [6.07, 6.45) is 0. The minimum atomic E-state index is -0.475. The van der Waals surface area contributed by atoms with E-state index in [-0.39, 0.29) is 5.94 Å². The van der Waals surface area contributed by atoms with Crippen LogP contribution in [0.1, 0.15) is 39.2 Å². The van der Waals surface area contributed by atoms with E-state index in [2.05, 4.69) is 6.07 Å². The molecular formula is C18H24BNO3. The molecule has 1 aliphatic heterocycles. The Bertz CT molecular complexity index is 713. The third-order valence-electron chi connectivity index (χ3n) is 5.06. The maximum absolute atomic E-state index is 6.51. The number of rotatable bonds is 3. The van der Waals surface area contributed by atoms with Crippen LogP contribution in [0.4, 0.5) is 0 Å². The third-order valence-corrected chi connectivity index (χ3v) is 5.06. The van der Waals surface area contributed by atoms with Crippen molar-refractivity contribution in [3.8, 4) is 5.75 Å². The molecule has 2 aromatic rings. The van der Waals surface area contributed by atoms with Crippen molar-refractivity contribution < 1.29 is 14.0 Å². The van der Waals surface area contributed by atoms with Crippen molar-refractivity contribution in [3.63, 3.8) is 0 Å². The quantitative estimate of drug-likeness (QED) is 0.882. The number of hydrogen-bond acceptors (Lipinski definition) is 4. The van der Waals surface area contributed by atoms with Gasteiger partial charge in [0, 0.05) is 5.39 Å². The first-order valence-electron chi connectivity index (χ1n) is 7.94. The van der Waals surface area contributed by atoms with Crippen LogP contribution in [-0.2, 0) is 9.31 Å². The summed E-state index contributed by atoms with van der Waals surface area (Å²) in [5.74, 6) is 0.470. The fourth-order valence-corrected chi connectivity index (χ4v) is 2.95. The molecule has 2 aromatic carbocycles. The van der Waals surface area contributed by atoms with Gasteiger partial charge in [-0.3, -0.25) is 0 Å². The molecule has 4 nitrogen and oxygen atoms in total. The number of benzene rings is 2. The van der Waals surface area contributed by atoms with Crippen LogP contribution >= 0.6 is 0 Å². The van der Waals surface area contributed by atoms with E-state index in [9.17, 15) is 0 Å². The van der Waals surface area contributed by atoms with E-state index in [0.717, 1.165) is 22.1 Å². The first-order chi connectivity index (χ1) is 10.8. The normalized spacial score (nSPS) is 20.7. The van der Waals surface area contributed by atoms with Gasteiger partial charge in [0.25, 0.3) is 0 Å². The van der Waals surface area contributed by atoms with Gasteiger partial charge < -0.3 is 19.8 Å². The van der Waals surface area contributed by atoms with Gasteiger partial charge >= 0.3 is 7.12 Å². The molecule has 0 aromatic heterocycles. The number of methoxy groups -OCH3 is 1. The maximum atomic E-state index is 6.51. The number of hydrogen-bond donors (Lipinski definition) is 1. The van der Waals surface area contributed by atoms with Gasteiger partial charge in [0.05, 0.1) is 24.3 Å². The lowest BCUT2D eigenvalue weighted by Crippen LogP contribution is -2.41. The lowest BCUT2D eigenvalue weighted by Gasteiger charge is -2.32. The van der Waals surface area contributed by atoms with Gasteiger partial charge in [0.1, 0.15) is 5.75 Å². The van der Waals surface area contributed by atoms with E-state index in [1.165, 1.54) is 0 Å². The van der Waals surface area contributed by atoms with Crippen LogP contribution in [0.15, 0.2) is 36.4 Å². The molecule has 122 valence electrons. The highest BCUT2D eigenvalue weighted by atomic mass is 16.7. The predicted molar refractivity (Wildman–Crippen MR) is 93.5 cm³/mol. The zero-order chi connectivity index (χ0) is 16.8. The largest absolute Gasteiger partial charge is 0.496 e. The molecular weight excluding hydrogens is 289 g/mol. The average molecular weight is 313 g/mol. The Morgan fingerprint density at radius 2 is 1.52 bits per heavy atom. The second kappa shape index (κ2) is 5.51. The molecule has 0 amide bonds. The molecule has 0 spiro atoms. The summed E-state index contributed by atoms with van der Waals surface area (Å²) < 4.78 is 17.7. The maximum Gasteiger partial charge on any atom is 0.480 e. The summed E-state index contributed by atoms with van der Waals surface area (Å²) in [5.41, 5.74) is 6.73. The van der Waals surface area contributed by atoms with Crippen LogP contribution in [-0.4, -0.2) is 25.4 Å². The average Bonchev–Trinajstić information content (AvgIpc) is 2.73. The third kappa shape index (κ3) is 2.63. The molecule has 0 unspecified atom stereocenters. The SMILES string of the molecule is COc1ccc([C@@H](N)B2OC(C)(C)C(C)(C)O2)c2ccccc12. The summed E-state index contributed by atoms with van der Waals surface area (Å²) in [5, 5.41) is 2.11. The zero-order valence-electron chi connectivity index (χ0n) is 14.4. The molecule has 3 rings (SSSR count). The molecule has 1 fully saturated rings. The zero-order valence-corrected chi connectivity index (χ0v) is 14.4. The summed E-state index contributed by atoms with van der Waals surface area (Å²) >= 11 is 0. The van der Waals surface area contributed by atoms with Crippen molar-refractivity contribution in [1.29, 1.82) is 0 Å². The van der Waals surface area contributed by atoms with Crippen molar-refractivity contribution in [2.24, 2.45) is 5.73 Å². The molecule has 1 saturated heterocycles. The van der Waals surface area contributed by atoms with E-state index in [4.69, 9.17) is 19.8 Å². The molecule has 0 bridgehead atoms. The Morgan fingerprint density at radius 1 is 0.957 bits per heavy atom. The lowest BCUT2D eigenvalue weighted by molar-refractivity contribution is 0.00578. The minimum Gasteiger partial charge on any atom is -0.496 e. The molecule has 1 heterocycles. The van der Waals surface area contributed by atoms with E-state index in [1.807, 2.05) is 58.0 Å². The van der Waals surface area contributed by atoms with Gasteiger partial charge in [-0.25, -0.2) is 0 Å². The Hall–Kier alpha value is -1.56.